The second kappa shape index (κ2) is 8.23. The zero-order chi connectivity index (χ0) is 12.5. The second-order valence-electron chi connectivity index (χ2n) is 3.78. The van der Waals surface area contributed by atoms with Crippen LogP contribution in [-0.2, 0) is 9.59 Å². The van der Waals surface area contributed by atoms with E-state index < -0.39 is 5.54 Å². The van der Waals surface area contributed by atoms with E-state index in [1.807, 2.05) is 0 Å². The summed E-state index contributed by atoms with van der Waals surface area (Å²) in [6.45, 7) is 7.37. The van der Waals surface area contributed by atoms with Crippen LogP contribution in [0.2, 0.25) is 0 Å². The Morgan fingerprint density at radius 1 is 1.27 bits per heavy atom. The Kier molecular flexibility index (Phi) is 8.96. The van der Waals surface area contributed by atoms with E-state index in [1.165, 1.54) is 13.5 Å². The summed E-state index contributed by atoms with van der Waals surface area (Å²) >= 11 is 0. The summed E-state index contributed by atoms with van der Waals surface area (Å²) in [5, 5.41) is 4.77. The molecule has 0 aromatic heterocycles. The highest BCUT2D eigenvalue weighted by Gasteiger charge is 2.21. The van der Waals surface area contributed by atoms with E-state index >= 15 is 0 Å². The molecule has 0 rings (SSSR count). The van der Waals surface area contributed by atoms with E-state index in [4.69, 9.17) is 5.73 Å². The maximum absolute atomic E-state index is 11.1. The topological polar surface area (TPSA) is 84.2 Å². The fourth-order valence-corrected chi connectivity index (χ4v) is 0.477. The third kappa shape index (κ3) is 10.8. The van der Waals surface area contributed by atoms with Crippen LogP contribution in [-0.4, -0.2) is 30.9 Å². The fourth-order valence-electron chi connectivity index (χ4n) is 0.477. The average molecular weight is 217 g/mol. The highest BCUT2D eigenvalue weighted by Crippen LogP contribution is 1.94. The lowest BCUT2D eigenvalue weighted by molar-refractivity contribution is -0.128. The molecule has 0 heterocycles. The third-order valence-corrected chi connectivity index (χ3v) is 1.27. The molecular weight excluding hydrogens is 194 g/mol. The van der Waals surface area contributed by atoms with Gasteiger partial charge >= 0.3 is 0 Å². The van der Waals surface area contributed by atoms with Crippen molar-refractivity contribution in [2.75, 3.05) is 13.6 Å². The van der Waals surface area contributed by atoms with Crippen LogP contribution >= 0.6 is 0 Å². The molecule has 0 atom stereocenters. The predicted molar refractivity (Wildman–Crippen MR) is 61.3 cm³/mol. The summed E-state index contributed by atoms with van der Waals surface area (Å²) in [5.41, 5.74) is 4.53. The third-order valence-electron chi connectivity index (χ3n) is 1.27. The van der Waals surface area contributed by atoms with E-state index in [0.717, 1.165) is 0 Å². The van der Waals surface area contributed by atoms with Gasteiger partial charge < -0.3 is 16.4 Å². The van der Waals surface area contributed by atoms with Gasteiger partial charge in [-0.25, -0.2) is 0 Å². The van der Waals surface area contributed by atoms with Crippen molar-refractivity contribution >= 4 is 11.8 Å². The molecule has 0 bridgehead atoms. The van der Waals surface area contributed by atoms with Gasteiger partial charge in [0.05, 0.1) is 12.1 Å². The molecule has 0 unspecified atom stereocenters. The molecule has 15 heavy (non-hydrogen) atoms. The van der Waals surface area contributed by atoms with E-state index in [1.54, 1.807) is 13.8 Å². The second-order valence-corrected chi connectivity index (χ2v) is 3.78. The van der Waals surface area contributed by atoms with Crippen LogP contribution in [0.3, 0.4) is 0 Å². The van der Waals surface area contributed by atoms with Gasteiger partial charge in [0, 0.05) is 7.05 Å². The summed E-state index contributed by atoms with van der Waals surface area (Å²) in [6.07, 6.45) is 1.25. The normalized spacial score (nSPS) is 9.73. The first kappa shape index (κ1) is 16.3. The Morgan fingerprint density at radius 2 is 1.67 bits per heavy atom. The number of nitrogens with two attached hydrogens (primary N) is 1. The van der Waals surface area contributed by atoms with Gasteiger partial charge in [-0.05, 0) is 13.8 Å². The van der Waals surface area contributed by atoms with E-state index in [-0.39, 0.29) is 18.4 Å². The van der Waals surface area contributed by atoms with Crippen LogP contribution in [0.25, 0.3) is 0 Å². The van der Waals surface area contributed by atoms with Crippen LogP contribution in [0.1, 0.15) is 34.1 Å². The standard InChI is InChI=1S/C7H15N3O2.C3H8/c1-7(2,8)6(12)10-4-5(11)9-3;1-3-2/h4,8H2,1-3H3,(H,9,11)(H,10,12);3H2,1-2H3. The Labute approximate surface area is 91.8 Å². The summed E-state index contributed by atoms with van der Waals surface area (Å²) in [6, 6.07) is 0. The summed E-state index contributed by atoms with van der Waals surface area (Å²) < 4.78 is 0. The molecule has 0 aliphatic rings. The van der Waals surface area contributed by atoms with Gasteiger partial charge in [-0.3, -0.25) is 9.59 Å². The first-order chi connectivity index (χ1) is 6.79. The minimum absolute atomic E-state index is 0.0318. The lowest BCUT2D eigenvalue weighted by Gasteiger charge is -2.16. The molecule has 0 aromatic rings. The number of rotatable bonds is 3. The minimum Gasteiger partial charge on any atom is -0.358 e. The smallest absolute Gasteiger partial charge is 0.239 e. The average Bonchev–Trinajstić information content (AvgIpc) is 2.13. The Bertz CT molecular complexity index is 197. The summed E-state index contributed by atoms with van der Waals surface area (Å²) in [5.74, 6) is -0.585. The molecule has 90 valence electrons. The van der Waals surface area contributed by atoms with Gasteiger partial charge in [0.1, 0.15) is 0 Å². The molecule has 2 amide bonds. The number of carbonyl (C=O) groups excluding carboxylic acids is 2. The van der Waals surface area contributed by atoms with Crippen molar-refractivity contribution in [2.24, 2.45) is 5.73 Å². The predicted octanol–water partition coefficient (Wildman–Crippen LogP) is 0.00220. The van der Waals surface area contributed by atoms with Crippen molar-refractivity contribution < 1.29 is 9.59 Å². The summed E-state index contributed by atoms with van der Waals surface area (Å²) in [7, 11) is 1.50. The zero-order valence-electron chi connectivity index (χ0n) is 10.3. The first-order valence-corrected chi connectivity index (χ1v) is 5.07. The number of amides is 2. The quantitative estimate of drug-likeness (QED) is 0.622. The molecule has 4 N–H and O–H groups in total. The van der Waals surface area contributed by atoms with Gasteiger partial charge in [-0.1, -0.05) is 20.3 Å². The number of hydrogen-bond donors (Lipinski definition) is 3. The van der Waals surface area contributed by atoms with Gasteiger partial charge in [0.25, 0.3) is 0 Å². The van der Waals surface area contributed by atoms with E-state index in [0.29, 0.717) is 0 Å². The molecule has 0 saturated carbocycles. The highest BCUT2D eigenvalue weighted by molar-refractivity contribution is 5.89. The monoisotopic (exact) mass is 217 g/mol. The molecule has 5 heteroatoms. The first-order valence-electron chi connectivity index (χ1n) is 5.07. The van der Waals surface area contributed by atoms with Crippen molar-refractivity contribution in [1.29, 1.82) is 0 Å². The van der Waals surface area contributed by atoms with Crippen LogP contribution in [0, 0.1) is 0 Å². The van der Waals surface area contributed by atoms with Crippen molar-refractivity contribution in [3.8, 4) is 0 Å². The lowest BCUT2D eigenvalue weighted by Crippen LogP contribution is -2.51. The molecule has 0 spiro atoms. The molecule has 0 aromatic carbocycles. The highest BCUT2D eigenvalue weighted by atomic mass is 16.2. The zero-order valence-corrected chi connectivity index (χ0v) is 10.3. The van der Waals surface area contributed by atoms with Crippen molar-refractivity contribution in [2.45, 2.75) is 39.7 Å². The van der Waals surface area contributed by atoms with Crippen LogP contribution < -0.4 is 16.4 Å². The minimum atomic E-state index is -0.936. The summed E-state index contributed by atoms with van der Waals surface area (Å²) in [4.78, 5) is 21.7. The fraction of sp³-hybridized carbons (Fsp3) is 0.800. The van der Waals surface area contributed by atoms with Gasteiger partial charge in [0.15, 0.2) is 0 Å². The van der Waals surface area contributed by atoms with E-state index in [2.05, 4.69) is 24.5 Å². The Hall–Kier alpha value is -1.10. The van der Waals surface area contributed by atoms with Crippen LogP contribution in [0.15, 0.2) is 0 Å². The van der Waals surface area contributed by atoms with Gasteiger partial charge in [-0.15, -0.1) is 0 Å². The van der Waals surface area contributed by atoms with Gasteiger partial charge in [0.2, 0.25) is 11.8 Å². The molecule has 0 aliphatic heterocycles. The number of hydrogen-bond acceptors (Lipinski definition) is 3. The maximum Gasteiger partial charge on any atom is 0.239 e. The Morgan fingerprint density at radius 3 is 1.93 bits per heavy atom. The van der Waals surface area contributed by atoms with Crippen LogP contribution in [0.4, 0.5) is 0 Å². The maximum atomic E-state index is 11.1. The number of likely N-dealkylation sites (N-methyl/N-ethyl adjacent to an activating group) is 1. The number of nitrogens with one attached hydrogen (secondary N) is 2. The molecule has 0 fully saturated rings. The lowest BCUT2D eigenvalue weighted by atomic mass is 10.1. The molecule has 5 nitrogen and oxygen atoms in total. The van der Waals surface area contributed by atoms with Crippen molar-refractivity contribution in [3.05, 3.63) is 0 Å². The molecular formula is C10H23N3O2. The Balaban J connectivity index is 0. The molecule has 0 radical (unpaired) electrons. The van der Waals surface area contributed by atoms with E-state index in [9.17, 15) is 9.59 Å². The number of carbonyl (C=O) groups is 2. The largest absolute Gasteiger partial charge is 0.358 e. The van der Waals surface area contributed by atoms with Crippen molar-refractivity contribution in [1.82, 2.24) is 10.6 Å². The van der Waals surface area contributed by atoms with Crippen LogP contribution in [0.5, 0.6) is 0 Å². The molecule has 0 saturated heterocycles. The van der Waals surface area contributed by atoms with Gasteiger partial charge in [-0.2, -0.15) is 0 Å². The van der Waals surface area contributed by atoms with Crippen molar-refractivity contribution in [3.63, 3.8) is 0 Å². The molecule has 0 aliphatic carbocycles. The SMILES string of the molecule is CCC.CNC(=O)CNC(=O)C(C)(C)N.